The summed E-state index contributed by atoms with van der Waals surface area (Å²) in [6, 6.07) is 8.96. The second kappa shape index (κ2) is 15.0. The molecule has 1 aliphatic rings. The van der Waals surface area contributed by atoms with Crippen LogP contribution in [-0.2, 0) is 22.6 Å². The van der Waals surface area contributed by atoms with E-state index in [9.17, 15) is 0 Å². The number of ether oxygens (including phenoxy) is 2. The number of hydrogen-bond donors (Lipinski definition) is 2. The van der Waals surface area contributed by atoms with Crippen LogP contribution >= 0.6 is 24.0 Å². The Kier molecular flexibility index (Phi) is 13.5. The number of rotatable bonds is 10. The zero-order valence-electron chi connectivity index (χ0n) is 18.4. The molecule has 0 amide bonds. The molecule has 2 rings (SSSR count). The van der Waals surface area contributed by atoms with Crippen LogP contribution in [0.15, 0.2) is 29.3 Å². The van der Waals surface area contributed by atoms with E-state index in [1.165, 1.54) is 24.0 Å². The maximum atomic E-state index is 5.55. The van der Waals surface area contributed by atoms with Gasteiger partial charge in [0.1, 0.15) is 0 Å². The van der Waals surface area contributed by atoms with Gasteiger partial charge in [-0.2, -0.15) is 0 Å². The van der Waals surface area contributed by atoms with Gasteiger partial charge in [-0.3, -0.25) is 9.89 Å². The molecule has 1 heterocycles. The quantitative estimate of drug-likeness (QED) is 0.283. The fraction of sp³-hybridized carbons (Fsp3) is 0.682. The normalized spacial score (nSPS) is 16.4. The molecule has 0 aliphatic carbocycles. The molecule has 1 aromatic carbocycles. The number of guanidine groups is 1. The summed E-state index contributed by atoms with van der Waals surface area (Å²) in [6.07, 6.45) is 2.39. The van der Waals surface area contributed by atoms with Gasteiger partial charge in [-0.15, -0.1) is 24.0 Å². The Morgan fingerprint density at radius 2 is 1.86 bits per heavy atom. The van der Waals surface area contributed by atoms with Gasteiger partial charge < -0.3 is 20.1 Å². The summed E-state index contributed by atoms with van der Waals surface area (Å²) in [5, 5.41) is 7.00. The van der Waals surface area contributed by atoms with E-state index in [1.54, 1.807) is 7.11 Å². The SMILES string of the molecule is CCC(CC)C(CNC(=NC)NCc1cccc(COC)c1)N1CCOCC1.I. The second-order valence-corrected chi connectivity index (χ2v) is 7.35. The van der Waals surface area contributed by atoms with Gasteiger partial charge in [-0.05, 0) is 17.0 Å². The second-order valence-electron chi connectivity index (χ2n) is 7.35. The standard InChI is InChI=1S/C22H38N4O2.HI/c1-5-20(6-2)21(26-10-12-28-13-11-26)16-25-22(23-3)24-15-18-8-7-9-19(14-18)17-27-4;/h7-9,14,20-21H,5-6,10-13,15-17H2,1-4H3,(H2,23,24,25);1H. The van der Waals surface area contributed by atoms with Crippen LogP contribution in [0, 0.1) is 5.92 Å². The van der Waals surface area contributed by atoms with Crippen molar-refractivity contribution in [2.45, 2.75) is 45.9 Å². The predicted octanol–water partition coefficient (Wildman–Crippen LogP) is 3.25. The van der Waals surface area contributed by atoms with Crippen LogP contribution in [0.25, 0.3) is 0 Å². The van der Waals surface area contributed by atoms with Gasteiger partial charge in [0.05, 0.1) is 19.8 Å². The van der Waals surface area contributed by atoms with Gasteiger partial charge in [-0.25, -0.2) is 0 Å². The minimum atomic E-state index is 0. The number of nitrogens with one attached hydrogen (secondary N) is 2. The van der Waals surface area contributed by atoms with Crippen molar-refractivity contribution in [1.29, 1.82) is 0 Å². The summed E-state index contributed by atoms with van der Waals surface area (Å²) in [5.74, 6) is 1.52. The van der Waals surface area contributed by atoms with E-state index in [4.69, 9.17) is 9.47 Å². The lowest BCUT2D eigenvalue weighted by Crippen LogP contribution is -2.53. The van der Waals surface area contributed by atoms with Gasteiger partial charge in [-0.1, -0.05) is 51.0 Å². The molecule has 0 aromatic heterocycles. The van der Waals surface area contributed by atoms with E-state index in [1.807, 2.05) is 7.05 Å². The van der Waals surface area contributed by atoms with Crippen molar-refractivity contribution in [3.8, 4) is 0 Å². The number of hydrogen-bond acceptors (Lipinski definition) is 4. The highest BCUT2D eigenvalue weighted by molar-refractivity contribution is 14.0. The molecule has 0 bridgehead atoms. The van der Waals surface area contributed by atoms with Gasteiger partial charge in [0.2, 0.25) is 0 Å². The van der Waals surface area contributed by atoms with Crippen LogP contribution in [-0.4, -0.2) is 63.9 Å². The first-order valence-corrected chi connectivity index (χ1v) is 10.5. The van der Waals surface area contributed by atoms with E-state index < -0.39 is 0 Å². The Morgan fingerprint density at radius 3 is 2.48 bits per heavy atom. The maximum Gasteiger partial charge on any atom is 0.191 e. The van der Waals surface area contributed by atoms with E-state index in [0.717, 1.165) is 45.4 Å². The van der Waals surface area contributed by atoms with Crippen molar-refractivity contribution in [3.05, 3.63) is 35.4 Å². The monoisotopic (exact) mass is 518 g/mol. The van der Waals surface area contributed by atoms with Crippen molar-refractivity contribution >= 4 is 29.9 Å². The molecule has 1 fully saturated rings. The Morgan fingerprint density at radius 1 is 1.17 bits per heavy atom. The van der Waals surface area contributed by atoms with Crippen LogP contribution in [0.5, 0.6) is 0 Å². The van der Waals surface area contributed by atoms with Crippen LogP contribution in [0.4, 0.5) is 0 Å². The number of morpholine rings is 1. The summed E-state index contributed by atoms with van der Waals surface area (Å²) in [5.41, 5.74) is 2.41. The summed E-state index contributed by atoms with van der Waals surface area (Å²) < 4.78 is 10.8. The third-order valence-corrected chi connectivity index (χ3v) is 5.57. The summed E-state index contributed by atoms with van der Waals surface area (Å²) in [7, 11) is 3.55. The van der Waals surface area contributed by atoms with Crippen molar-refractivity contribution < 1.29 is 9.47 Å². The largest absolute Gasteiger partial charge is 0.380 e. The lowest BCUT2D eigenvalue weighted by molar-refractivity contribution is 0.00272. The summed E-state index contributed by atoms with van der Waals surface area (Å²) in [6.45, 7) is 10.6. The van der Waals surface area contributed by atoms with Crippen molar-refractivity contribution in [1.82, 2.24) is 15.5 Å². The predicted molar refractivity (Wildman–Crippen MR) is 131 cm³/mol. The minimum absolute atomic E-state index is 0. The third-order valence-electron chi connectivity index (χ3n) is 5.57. The lowest BCUT2D eigenvalue weighted by Gasteiger charge is -2.39. The molecule has 0 spiro atoms. The first-order valence-electron chi connectivity index (χ1n) is 10.5. The van der Waals surface area contributed by atoms with Crippen LogP contribution in [0.2, 0.25) is 0 Å². The molecular weight excluding hydrogens is 479 g/mol. The number of methoxy groups -OCH3 is 1. The molecule has 0 saturated carbocycles. The van der Waals surface area contributed by atoms with E-state index in [2.05, 4.69) is 58.6 Å². The van der Waals surface area contributed by atoms with Crippen molar-refractivity contribution in [2.75, 3.05) is 47.0 Å². The van der Waals surface area contributed by atoms with Crippen LogP contribution in [0.1, 0.15) is 37.8 Å². The molecule has 0 radical (unpaired) electrons. The van der Waals surface area contributed by atoms with E-state index >= 15 is 0 Å². The average Bonchev–Trinajstić information content (AvgIpc) is 2.74. The van der Waals surface area contributed by atoms with Crippen LogP contribution in [0.3, 0.4) is 0 Å². The number of benzene rings is 1. The van der Waals surface area contributed by atoms with E-state index in [-0.39, 0.29) is 24.0 Å². The zero-order valence-corrected chi connectivity index (χ0v) is 20.8. The highest BCUT2D eigenvalue weighted by Gasteiger charge is 2.26. The van der Waals surface area contributed by atoms with Crippen LogP contribution < -0.4 is 10.6 Å². The molecule has 166 valence electrons. The first kappa shape index (κ1) is 26.1. The average molecular weight is 518 g/mol. The lowest BCUT2D eigenvalue weighted by atomic mass is 9.92. The number of halogens is 1. The molecular formula is C22H39IN4O2. The molecule has 1 atom stereocenters. The molecule has 7 heteroatoms. The highest BCUT2D eigenvalue weighted by atomic mass is 127. The Balaban J connectivity index is 0.00000420. The Hall–Kier alpha value is -0.900. The van der Waals surface area contributed by atoms with Gasteiger partial charge >= 0.3 is 0 Å². The molecule has 1 saturated heterocycles. The maximum absolute atomic E-state index is 5.55. The molecule has 1 aliphatic heterocycles. The topological polar surface area (TPSA) is 58.1 Å². The highest BCUT2D eigenvalue weighted by Crippen LogP contribution is 2.19. The minimum Gasteiger partial charge on any atom is -0.380 e. The smallest absolute Gasteiger partial charge is 0.191 e. The van der Waals surface area contributed by atoms with Gasteiger partial charge in [0, 0.05) is 46.4 Å². The van der Waals surface area contributed by atoms with Crippen molar-refractivity contribution in [2.24, 2.45) is 10.9 Å². The Bertz CT molecular complexity index is 590. The molecule has 2 N–H and O–H groups in total. The molecule has 1 aromatic rings. The van der Waals surface area contributed by atoms with E-state index in [0.29, 0.717) is 18.6 Å². The third kappa shape index (κ3) is 8.78. The van der Waals surface area contributed by atoms with Gasteiger partial charge in [0.15, 0.2) is 5.96 Å². The molecule has 1 unspecified atom stereocenters. The van der Waals surface area contributed by atoms with Gasteiger partial charge in [0.25, 0.3) is 0 Å². The molecule has 6 nitrogen and oxygen atoms in total. The summed E-state index contributed by atoms with van der Waals surface area (Å²) >= 11 is 0. The fourth-order valence-corrected chi connectivity index (χ4v) is 3.94. The number of aliphatic imine (C=N–C) groups is 1. The molecule has 29 heavy (non-hydrogen) atoms. The fourth-order valence-electron chi connectivity index (χ4n) is 3.94. The summed E-state index contributed by atoms with van der Waals surface area (Å²) in [4.78, 5) is 7.00. The number of nitrogens with zero attached hydrogens (tertiary/aromatic N) is 2. The first-order chi connectivity index (χ1) is 13.7. The zero-order chi connectivity index (χ0) is 20.2. The van der Waals surface area contributed by atoms with Crippen molar-refractivity contribution in [3.63, 3.8) is 0 Å². The Labute approximate surface area is 193 Å².